The maximum atomic E-state index is 13.5. The van der Waals surface area contributed by atoms with Crippen LogP contribution in [0.3, 0.4) is 0 Å². The lowest BCUT2D eigenvalue weighted by Crippen LogP contribution is -2.53. The molecule has 1 aromatic carbocycles. The van der Waals surface area contributed by atoms with Gasteiger partial charge >= 0.3 is 6.36 Å². The van der Waals surface area contributed by atoms with E-state index in [1.807, 2.05) is 0 Å². The number of carbonyl (C=O) groups is 2. The van der Waals surface area contributed by atoms with Gasteiger partial charge in [0.25, 0.3) is 0 Å². The Balaban J connectivity index is 1.85. The molecular formula is C21H26F3N2O5-. The van der Waals surface area contributed by atoms with Crippen molar-refractivity contribution in [2.24, 2.45) is 0 Å². The van der Waals surface area contributed by atoms with Crippen LogP contribution in [0.15, 0.2) is 24.3 Å². The summed E-state index contributed by atoms with van der Waals surface area (Å²) in [7, 11) is 0. The smallest absolute Gasteiger partial charge is 0.530 e. The Labute approximate surface area is 178 Å². The molecule has 2 amide bonds. The molecule has 1 saturated carbocycles. The van der Waals surface area contributed by atoms with E-state index in [1.165, 1.54) is 12.1 Å². The second kappa shape index (κ2) is 9.33. The Kier molecular flexibility index (Phi) is 6.98. The van der Waals surface area contributed by atoms with Crippen molar-refractivity contribution >= 4 is 12.0 Å². The molecule has 1 saturated heterocycles. The lowest BCUT2D eigenvalue weighted by Gasteiger charge is -2.42. The van der Waals surface area contributed by atoms with E-state index in [4.69, 9.17) is 0 Å². The highest BCUT2D eigenvalue weighted by molar-refractivity contribution is 5.85. The van der Waals surface area contributed by atoms with Crippen LogP contribution < -0.4 is 15.2 Å². The van der Waals surface area contributed by atoms with Crippen LogP contribution in [-0.2, 0) is 4.79 Å². The third kappa shape index (κ3) is 6.03. The summed E-state index contributed by atoms with van der Waals surface area (Å²) in [4.78, 5) is 25.8. The van der Waals surface area contributed by atoms with Crippen LogP contribution >= 0.6 is 0 Å². The van der Waals surface area contributed by atoms with Gasteiger partial charge in [-0.15, -0.1) is 13.2 Å². The van der Waals surface area contributed by atoms with Crippen molar-refractivity contribution in [2.75, 3.05) is 13.1 Å². The quantitative estimate of drug-likeness (QED) is 0.727. The molecule has 2 fully saturated rings. The number of benzene rings is 1. The van der Waals surface area contributed by atoms with Crippen LogP contribution in [0.25, 0.3) is 0 Å². The molecule has 172 valence electrons. The Morgan fingerprint density at radius 3 is 2.42 bits per heavy atom. The van der Waals surface area contributed by atoms with Crippen molar-refractivity contribution in [1.82, 2.24) is 10.2 Å². The molecule has 0 aromatic heterocycles. The summed E-state index contributed by atoms with van der Waals surface area (Å²) in [5, 5.41) is 24.4. The summed E-state index contributed by atoms with van der Waals surface area (Å²) in [6, 6.07) is 4.89. The molecule has 1 aromatic rings. The molecule has 3 rings (SSSR count). The van der Waals surface area contributed by atoms with E-state index in [1.54, 1.807) is 4.90 Å². The molecule has 2 N–H and O–H groups in total. The summed E-state index contributed by atoms with van der Waals surface area (Å²) < 4.78 is 42.1. The van der Waals surface area contributed by atoms with E-state index in [2.05, 4.69) is 10.1 Å². The molecule has 2 aliphatic rings. The molecule has 31 heavy (non-hydrogen) atoms. The first-order valence-corrected chi connectivity index (χ1v) is 10.4. The van der Waals surface area contributed by atoms with Gasteiger partial charge in [-0.05, 0) is 43.4 Å². The number of ether oxygens (including phenoxy) is 1. The third-order valence-corrected chi connectivity index (χ3v) is 6.06. The van der Waals surface area contributed by atoms with Crippen molar-refractivity contribution < 1.29 is 37.7 Å². The largest absolute Gasteiger partial charge is 0.573 e. The highest BCUT2D eigenvalue weighted by Crippen LogP contribution is 2.42. The number of piperidine rings is 1. The highest BCUT2D eigenvalue weighted by Gasteiger charge is 2.45. The number of rotatable bonds is 5. The van der Waals surface area contributed by atoms with Crippen LogP contribution in [0.5, 0.6) is 5.75 Å². The Bertz CT molecular complexity index is 787. The fourth-order valence-corrected chi connectivity index (χ4v) is 4.62. The van der Waals surface area contributed by atoms with E-state index in [0.717, 1.165) is 31.4 Å². The predicted octanol–water partition coefficient (Wildman–Crippen LogP) is 2.29. The number of hydrogen-bond acceptors (Lipinski definition) is 5. The van der Waals surface area contributed by atoms with Gasteiger partial charge in [0.2, 0.25) is 5.91 Å². The molecule has 0 spiro atoms. The summed E-state index contributed by atoms with van der Waals surface area (Å²) in [5.41, 5.74) is -1.10. The summed E-state index contributed by atoms with van der Waals surface area (Å²) in [5.74, 6) is -1.85. The highest BCUT2D eigenvalue weighted by atomic mass is 19.4. The van der Waals surface area contributed by atoms with E-state index in [9.17, 15) is 33.0 Å². The Hall–Kier alpha value is -2.49. The lowest BCUT2D eigenvalue weighted by atomic mass is 9.72. The minimum atomic E-state index is -4.87. The van der Waals surface area contributed by atoms with Crippen molar-refractivity contribution in [3.8, 4) is 5.75 Å². The molecule has 0 bridgehead atoms. The van der Waals surface area contributed by atoms with Crippen molar-refractivity contribution in [2.45, 2.75) is 68.9 Å². The van der Waals surface area contributed by atoms with Crippen molar-refractivity contribution in [3.05, 3.63) is 29.8 Å². The second-order valence-electron chi connectivity index (χ2n) is 8.25. The number of halogens is 3. The van der Waals surface area contributed by atoms with E-state index in [0.29, 0.717) is 25.7 Å². The number of nitrogens with zero attached hydrogens (tertiary/aromatic N) is 1. The molecule has 10 heteroatoms. The molecule has 0 unspecified atom stereocenters. The average Bonchev–Trinajstić information content (AvgIpc) is 2.67. The standard InChI is InChI=1S/C21H27F3N2O5/c22-21(23,24)31-16-6-4-5-14(13-16)17(20(30)9-2-1-3-10-20)18(27)26-11-7-15(8-12-26)25-19(28)29/h4-6,13,15,17,25,30H,1-3,7-12H2,(H,28,29)/p-1/t17-/m0/s1. The lowest BCUT2D eigenvalue weighted by molar-refractivity contribution is -0.274. The van der Waals surface area contributed by atoms with Crippen LogP contribution in [-0.4, -0.2) is 53.1 Å². The maximum Gasteiger partial charge on any atom is 0.573 e. The molecule has 1 aliphatic heterocycles. The number of amides is 2. The van der Waals surface area contributed by atoms with Gasteiger partial charge in [-0.25, -0.2) is 0 Å². The fraction of sp³-hybridized carbons (Fsp3) is 0.619. The maximum absolute atomic E-state index is 13.5. The van der Waals surface area contributed by atoms with Crippen molar-refractivity contribution in [1.29, 1.82) is 0 Å². The number of nitrogens with one attached hydrogen (secondary N) is 1. The van der Waals surface area contributed by atoms with Gasteiger partial charge in [0.15, 0.2) is 0 Å². The fourth-order valence-electron chi connectivity index (χ4n) is 4.62. The normalized spacial score (nSPS) is 20.7. The van der Waals surface area contributed by atoms with Gasteiger partial charge in [-0.3, -0.25) is 4.79 Å². The zero-order valence-electron chi connectivity index (χ0n) is 17.0. The first-order chi connectivity index (χ1) is 14.6. The number of likely N-dealkylation sites (tertiary alicyclic amines) is 1. The summed E-state index contributed by atoms with van der Waals surface area (Å²) in [6.45, 7) is 0.546. The second-order valence-corrected chi connectivity index (χ2v) is 8.25. The minimum absolute atomic E-state index is 0.270. The van der Waals surface area contributed by atoms with Crippen LogP contribution in [0.2, 0.25) is 0 Å². The Morgan fingerprint density at radius 2 is 1.84 bits per heavy atom. The van der Waals surface area contributed by atoms with E-state index >= 15 is 0 Å². The molecule has 7 nitrogen and oxygen atoms in total. The van der Waals surface area contributed by atoms with Gasteiger partial charge in [0.05, 0.1) is 11.5 Å². The van der Waals surface area contributed by atoms with Gasteiger partial charge in [0.1, 0.15) is 11.8 Å². The molecule has 1 aliphatic carbocycles. The SMILES string of the molecule is O=C([O-])NC1CCN(C(=O)[C@H](c2cccc(OC(F)(F)F)c2)C2(O)CCCCC2)CC1. The molecule has 0 radical (unpaired) electrons. The van der Waals surface area contributed by atoms with Gasteiger partial charge < -0.3 is 30.0 Å². The molecular weight excluding hydrogens is 417 g/mol. The van der Waals surface area contributed by atoms with Crippen LogP contribution in [0, 0.1) is 0 Å². The summed E-state index contributed by atoms with van der Waals surface area (Å²) in [6.07, 6.45) is -2.36. The first kappa shape index (κ1) is 23.2. The minimum Gasteiger partial charge on any atom is -0.530 e. The number of alkyl halides is 3. The third-order valence-electron chi connectivity index (χ3n) is 6.06. The van der Waals surface area contributed by atoms with Gasteiger partial charge in [0, 0.05) is 19.1 Å². The summed E-state index contributed by atoms with van der Waals surface area (Å²) >= 11 is 0. The number of carboxylic acid groups (broad SMARTS) is 1. The average molecular weight is 443 g/mol. The predicted molar refractivity (Wildman–Crippen MR) is 102 cm³/mol. The number of aliphatic hydroxyl groups is 1. The topological polar surface area (TPSA) is 102 Å². The van der Waals surface area contributed by atoms with Crippen LogP contribution in [0.1, 0.15) is 56.4 Å². The number of carbonyl (C=O) groups excluding carboxylic acids is 2. The number of hydrogen-bond donors (Lipinski definition) is 2. The zero-order valence-corrected chi connectivity index (χ0v) is 17.0. The van der Waals surface area contributed by atoms with Crippen molar-refractivity contribution in [3.63, 3.8) is 0 Å². The Morgan fingerprint density at radius 1 is 1.19 bits per heavy atom. The van der Waals surface area contributed by atoms with Gasteiger partial charge in [-0.1, -0.05) is 31.4 Å². The first-order valence-electron chi connectivity index (χ1n) is 10.4. The zero-order chi connectivity index (χ0) is 22.6. The van der Waals surface area contributed by atoms with Crippen LogP contribution in [0.4, 0.5) is 18.0 Å². The van der Waals surface area contributed by atoms with Gasteiger partial charge in [-0.2, -0.15) is 0 Å². The van der Waals surface area contributed by atoms with E-state index in [-0.39, 0.29) is 30.6 Å². The monoisotopic (exact) mass is 443 g/mol. The molecule has 1 atom stereocenters. The molecule has 1 heterocycles. The van der Waals surface area contributed by atoms with E-state index < -0.39 is 29.7 Å².